The predicted molar refractivity (Wildman–Crippen MR) is 95.9 cm³/mol. The lowest BCUT2D eigenvalue weighted by Gasteiger charge is -2.36. The minimum atomic E-state index is 0. The highest BCUT2D eigenvalue weighted by molar-refractivity contribution is 5.85. The first kappa shape index (κ1) is 21.4. The molecule has 24 heavy (non-hydrogen) atoms. The van der Waals surface area contributed by atoms with Crippen molar-refractivity contribution in [3.63, 3.8) is 0 Å². The molecule has 3 heterocycles. The second kappa shape index (κ2) is 10.4. The molecule has 3 saturated heterocycles. The smallest absolute Gasteiger partial charge is 0.239 e. The molecule has 0 saturated carbocycles. The summed E-state index contributed by atoms with van der Waals surface area (Å²) in [6.45, 7) is 7.12. The minimum Gasteiger partial charge on any atom is -0.378 e. The summed E-state index contributed by atoms with van der Waals surface area (Å²) < 4.78 is 5.27. The lowest BCUT2D eigenvalue weighted by atomic mass is 10.2. The van der Waals surface area contributed by atoms with E-state index in [1.54, 1.807) is 0 Å². The van der Waals surface area contributed by atoms with Gasteiger partial charge in [0, 0.05) is 39.3 Å². The Bertz CT molecular complexity index is 408. The van der Waals surface area contributed by atoms with E-state index in [-0.39, 0.29) is 42.7 Å². The zero-order valence-corrected chi connectivity index (χ0v) is 15.6. The van der Waals surface area contributed by atoms with Gasteiger partial charge in [-0.05, 0) is 19.4 Å². The number of rotatable bonds is 3. The molecule has 3 aliphatic heterocycles. The number of nitrogens with one attached hydrogen (secondary N) is 1. The van der Waals surface area contributed by atoms with Crippen molar-refractivity contribution < 1.29 is 14.3 Å². The molecule has 0 aromatic carbocycles. The molecule has 2 amide bonds. The Morgan fingerprint density at radius 1 is 0.958 bits per heavy atom. The van der Waals surface area contributed by atoms with E-state index in [0.29, 0.717) is 32.8 Å². The number of nitrogens with zero attached hydrogens (tertiary/aromatic N) is 3. The van der Waals surface area contributed by atoms with Gasteiger partial charge in [0.25, 0.3) is 0 Å². The SMILES string of the molecule is Cl.Cl.O=C(CN1CCN(C(=O)C2CCCN2)CC1)N1CCOCC1. The molecule has 0 radical (unpaired) electrons. The minimum absolute atomic E-state index is 0. The molecule has 9 heteroatoms. The van der Waals surface area contributed by atoms with Gasteiger partial charge in [-0.15, -0.1) is 24.8 Å². The van der Waals surface area contributed by atoms with Crippen LogP contribution in [0.25, 0.3) is 0 Å². The molecule has 0 aromatic heterocycles. The number of ether oxygens (including phenoxy) is 1. The Morgan fingerprint density at radius 2 is 1.62 bits per heavy atom. The predicted octanol–water partition coefficient (Wildman–Crippen LogP) is -0.415. The van der Waals surface area contributed by atoms with Crippen molar-refractivity contribution in [3.8, 4) is 0 Å². The van der Waals surface area contributed by atoms with Crippen LogP contribution in [0, 0.1) is 0 Å². The largest absolute Gasteiger partial charge is 0.378 e. The maximum absolute atomic E-state index is 12.3. The van der Waals surface area contributed by atoms with Crippen molar-refractivity contribution in [2.24, 2.45) is 0 Å². The van der Waals surface area contributed by atoms with E-state index in [0.717, 1.165) is 45.6 Å². The van der Waals surface area contributed by atoms with Crippen LogP contribution < -0.4 is 5.32 Å². The van der Waals surface area contributed by atoms with Crippen molar-refractivity contribution in [1.82, 2.24) is 20.0 Å². The van der Waals surface area contributed by atoms with Crippen LogP contribution in [0.2, 0.25) is 0 Å². The standard InChI is InChI=1S/C15H26N4O3.2ClH/c20-14(18-8-10-22-11-9-18)12-17-4-6-19(7-5-17)15(21)13-2-1-3-16-13;;/h13,16H,1-12H2;2*1H. The normalized spacial score (nSPS) is 24.9. The van der Waals surface area contributed by atoms with Crippen LogP contribution >= 0.6 is 24.8 Å². The van der Waals surface area contributed by atoms with Gasteiger partial charge in [-0.3, -0.25) is 14.5 Å². The Kier molecular flexibility index (Phi) is 9.30. The number of hydrogen-bond acceptors (Lipinski definition) is 5. The molecule has 1 N–H and O–H groups in total. The summed E-state index contributed by atoms with van der Waals surface area (Å²) >= 11 is 0. The maximum Gasteiger partial charge on any atom is 0.239 e. The van der Waals surface area contributed by atoms with Gasteiger partial charge in [-0.2, -0.15) is 0 Å². The van der Waals surface area contributed by atoms with E-state index in [1.807, 2.05) is 9.80 Å². The van der Waals surface area contributed by atoms with Gasteiger partial charge in [-0.1, -0.05) is 0 Å². The van der Waals surface area contributed by atoms with Gasteiger partial charge in [0.05, 0.1) is 25.8 Å². The number of hydrogen-bond donors (Lipinski definition) is 1. The van der Waals surface area contributed by atoms with Crippen molar-refractivity contribution in [1.29, 1.82) is 0 Å². The quantitative estimate of drug-likeness (QED) is 0.718. The van der Waals surface area contributed by atoms with Crippen LogP contribution in [0.4, 0.5) is 0 Å². The second-order valence-corrected chi connectivity index (χ2v) is 6.24. The van der Waals surface area contributed by atoms with Crippen molar-refractivity contribution in [3.05, 3.63) is 0 Å². The van der Waals surface area contributed by atoms with E-state index < -0.39 is 0 Å². The van der Waals surface area contributed by atoms with Crippen LogP contribution in [0.15, 0.2) is 0 Å². The first-order valence-electron chi connectivity index (χ1n) is 8.34. The zero-order valence-electron chi connectivity index (χ0n) is 13.9. The summed E-state index contributed by atoms with van der Waals surface area (Å²) in [6.07, 6.45) is 2.04. The Labute approximate surface area is 155 Å². The molecule has 3 aliphatic rings. The molecule has 0 aromatic rings. The van der Waals surface area contributed by atoms with Crippen LogP contribution in [-0.4, -0.2) is 98.1 Å². The van der Waals surface area contributed by atoms with Crippen molar-refractivity contribution >= 4 is 36.6 Å². The second-order valence-electron chi connectivity index (χ2n) is 6.24. The number of carbonyl (C=O) groups is 2. The highest BCUT2D eigenvalue weighted by atomic mass is 35.5. The summed E-state index contributed by atoms with van der Waals surface area (Å²) in [7, 11) is 0. The third-order valence-electron chi connectivity index (χ3n) is 4.77. The number of halogens is 2. The number of carbonyl (C=O) groups excluding carboxylic acids is 2. The van der Waals surface area contributed by atoms with Gasteiger partial charge in [0.2, 0.25) is 11.8 Å². The van der Waals surface area contributed by atoms with Crippen LogP contribution in [0.3, 0.4) is 0 Å². The topological polar surface area (TPSA) is 65.1 Å². The van der Waals surface area contributed by atoms with E-state index in [4.69, 9.17) is 4.74 Å². The zero-order chi connectivity index (χ0) is 15.4. The Balaban J connectivity index is 0.00000144. The molecule has 1 atom stereocenters. The lowest BCUT2D eigenvalue weighted by molar-refractivity contribution is -0.138. The van der Waals surface area contributed by atoms with E-state index in [2.05, 4.69) is 10.2 Å². The molecule has 0 spiro atoms. The average Bonchev–Trinajstić information content (AvgIpc) is 3.10. The van der Waals surface area contributed by atoms with Gasteiger partial charge in [-0.25, -0.2) is 0 Å². The van der Waals surface area contributed by atoms with Crippen LogP contribution in [0.5, 0.6) is 0 Å². The molecule has 7 nitrogen and oxygen atoms in total. The first-order valence-corrected chi connectivity index (χ1v) is 8.34. The summed E-state index contributed by atoms with van der Waals surface area (Å²) in [4.78, 5) is 30.5. The molecule has 3 rings (SSSR count). The highest BCUT2D eigenvalue weighted by Gasteiger charge is 2.30. The lowest BCUT2D eigenvalue weighted by Crippen LogP contribution is -2.55. The fourth-order valence-electron chi connectivity index (χ4n) is 3.35. The van der Waals surface area contributed by atoms with Gasteiger partial charge < -0.3 is 19.9 Å². The summed E-state index contributed by atoms with van der Waals surface area (Å²) in [5.74, 6) is 0.414. The van der Waals surface area contributed by atoms with E-state index in [1.165, 1.54) is 0 Å². The van der Waals surface area contributed by atoms with E-state index >= 15 is 0 Å². The molecular formula is C15H28Cl2N4O3. The molecule has 1 unspecified atom stereocenters. The molecule has 0 bridgehead atoms. The molecule has 140 valence electrons. The Morgan fingerprint density at radius 3 is 2.21 bits per heavy atom. The van der Waals surface area contributed by atoms with Crippen LogP contribution in [0.1, 0.15) is 12.8 Å². The number of morpholine rings is 1. The number of amides is 2. The van der Waals surface area contributed by atoms with Crippen molar-refractivity contribution in [2.75, 3.05) is 65.6 Å². The first-order chi connectivity index (χ1) is 10.7. The molecular weight excluding hydrogens is 355 g/mol. The van der Waals surface area contributed by atoms with Gasteiger partial charge in [0.1, 0.15) is 0 Å². The summed E-state index contributed by atoms with van der Waals surface area (Å²) in [5.41, 5.74) is 0. The third kappa shape index (κ3) is 5.46. The van der Waals surface area contributed by atoms with Gasteiger partial charge in [0.15, 0.2) is 0 Å². The van der Waals surface area contributed by atoms with Crippen molar-refractivity contribution in [2.45, 2.75) is 18.9 Å². The number of piperazine rings is 1. The molecule has 0 aliphatic carbocycles. The maximum atomic E-state index is 12.3. The fraction of sp³-hybridized carbons (Fsp3) is 0.867. The molecule has 3 fully saturated rings. The Hall–Kier alpha value is -0.600. The average molecular weight is 383 g/mol. The van der Waals surface area contributed by atoms with E-state index in [9.17, 15) is 9.59 Å². The van der Waals surface area contributed by atoms with Gasteiger partial charge >= 0.3 is 0 Å². The van der Waals surface area contributed by atoms with Crippen LogP contribution in [-0.2, 0) is 14.3 Å². The third-order valence-corrected chi connectivity index (χ3v) is 4.77. The fourth-order valence-corrected chi connectivity index (χ4v) is 3.35. The summed E-state index contributed by atoms with van der Waals surface area (Å²) in [5, 5.41) is 3.26. The highest BCUT2D eigenvalue weighted by Crippen LogP contribution is 2.11. The summed E-state index contributed by atoms with van der Waals surface area (Å²) in [6, 6.07) is 0.0153. The monoisotopic (exact) mass is 382 g/mol.